The fourth-order valence-corrected chi connectivity index (χ4v) is 6.32. The van der Waals surface area contributed by atoms with Crippen LogP contribution >= 0.6 is 23.2 Å². The average molecular weight is 560 g/mol. The number of rotatable bonds is 12. The molecule has 2 heterocycles. The van der Waals surface area contributed by atoms with Gasteiger partial charge in [-0.1, -0.05) is 89.4 Å². The molecule has 0 bridgehead atoms. The molecule has 0 radical (unpaired) electrons. The summed E-state index contributed by atoms with van der Waals surface area (Å²) in [6.07, 6.45) is 7.58. The molecule has 6 nitrogen and oxygen atoms in total. The van der Waals surface area contributed by atoms with E-state index in [0.717, 1.165) is 51.4 Å². The molecule has 0 aromatic heterocycles. The van der Waals surface area contributed by atoms with E-state index >= 15 is 0 Å². The van der Waals surface area contributed by atoms with Crippen LogP contribution in [0.3, 0.4) is 0 Å². The number of halogens is 2. The summed E-state index contributed by atoms with van der Waals surface area (Å²) in [5.74, 6) is -1.57. The summed E-state index contributed by atoms with van der Waals surface area (Å²) >= 11 is 13.3. The maximum Gasteiger partial charge on any atom is 0.262 e. The predicted octanol–water partition coefficient (Wildman–Crippen LogP) is 7.77. The number of imide groups is 2. The molecule has 0 saturated heterocycles. The zero-order chi connectivity index (χ0) is 27.7. The van der Waals surface area contributed by atoms with Crippen LogP contribution in [0.5, 0.6) is 0 Å². The van der Waals surface area contributed by atoms with Gasteiger partial charge in [-0.3, -0.25) is 29.0 Å². The van der Waals surface area contributed by atoms with Crippen LogP contribution in [0.4, 0.5) is 0 Å². The summed E-state index contributed by atoms with van der Waals surface area (Å²) in [4.78, 5) is 57.2. The first kappa shape index (κ1) is 28.6. The van der Waals surface area contributed by atoms with Crippen molar-refractivity contribution in [2.24, 2.45) is 11.8 Å². The molecule has 0 spiro atoms. The van der Waals surface area contributed by atoms with E-state index in [-0.39, 0.29) is 68.0 Å². The van der Waals surface area contributed by atoms with Crippen LogP contribution in [0.2, 0.25) is 10.0 Å². The number of nitrogens with zero attached hydrogens (tertiary/aromatic N) is 2. The number of unbranched alkanes of at least 4 members (excludes halogenated alkanes) is 2. The highest BCUT2D eigenvalue weighted by atomic mass is 35.5. The summed E-state index contributed by atoms with van der Waals surface area (Å²) in [7, 11) is 0. The normalized spacial score (nSPS) is 16.6. The van der Waals surface area contributed by atoms with Crippen LogP contribution in [-0.2, 0) is 0 Å². The predicted molar refractivity (Wildman–Crippen MR) is 151 cm³/mol. The van der Waals surface area contributed by atoms with Crippen molar-refractivity contribution in [1.29, 1.82) is 0 Å². The molecule has 0 aliphatic carbocycles. The molecule has 2 aliphatic rings. The van der Waals surface area contributed by atoms with Gasteiger partial charge in [0.05, 0.1) is 32.3 Å². The summed E-state index contributed by atoms with van der Waals surface area (Å²) in [6, 6.07) is 2.94. The molecule has 2 aromatic carbocycles. The monoisotopic (exact) mass is 558 g/mol. The van der Waals surface area contributed by atoms with Crippen molar-refractivity contribution in [1.82, 2.24) is 9.80 Å². The summed E-state index contributed by atoms with van der Waals surface area (Å²) in [5.41, 5.74) is 0.736. The van der Waals surface area contributed by atoms with Crippen LogP contribution < -0.4 is 0 Å². The molecule has 4 amide bonds. The van der Waals surface area contributed by atoms with Gasteiger partial charge in [0.25, 0.3) is 23.6 Å². The number of carbonyl (C=O) groups is 4. The zero-order valence-corrected chi connectivity index (χ0v) is 24.2. The second-order valence-corrected chi connectivity index (χ2v) is 11.4. The molecule has 204 valence electrons. The van der Waals surface area contributed by atoms with E-state index in [0.29, 0.717) is 0 Å². The third-order valence-electron chi connectivity index (χ3n) is 8.15. The number of carbonyl (C=O) groups excluding carboxylic acids is 4. The van der Waals surface area contributed by atoms with Gasteiger partial charge in [-0.25, -0.2) is 0 Å². The maximum atomic E-state index is 13.7. The molecule has 2 aliphatic heterocycles. The van der Waals surface area contributed by atoms with E-state index in [9.17, 15) is 19.2 Å². The second kappa shape index (κ2) is 11.7. The molecule has 0 fully saturated rings. The van der Waals surface area contributed by atoms with Crippen molar-refractivity contribution in [2.45, 2.75) is 79.1 Å². The first-order valence-electron chi connectivity index (χ1n) is 13.9. The first-order valence-corrected chi connectivity index (χ1v) is 14.7. The Bertz CT molecular complexity index is 1210. The number of benzene rings is 2. The highest BCUT2D eigenvalue weighted by molar-refractivity contribution is 6.44. The first-order chi connectivity index (χ1) is 18.2. The Labute approximate surface area is 234 Å². The Hall–Kier alpha value is -2.44. The fourth-order valence-electron chi connectivity index (χ4n) is 5.75. The van der Waals surface area contributed by atoms with E-state index in [2.05, 4.69) is 27.7 Å². The summed E-state index contributed by atoms with van der Waals surface area (Å²) < 4.78 is 0. The summed E-state index contributed by atoms with van der Waals surface area (Å²) in [6.45, 7) is 8.90. The smallest absolute Gasteiger partial charge is 0.262 e. The van der Waals surface area contributed by atoms with Crippen LogP contribution in [0, 0.1) is 11.8 Å². The molecule has 2 unspecified atom stereocenters. The molecular weight excluding hydrogens is 523 g/mol. The van der Waals surface area contributed by atoms with Gasteiger partial charge in [0.15, 0.2) is 0 Å². The van der Waals surface area contributed by atoms with Crippen molar-refractivity contribution >= 4 is 57.6 Å². The van der Waals surface area contributed by atoms with Crippen LogP contribution in [0.1, 0.15) is 120 Å². The third-order valence-corrected chi connectivity index (χ3v) is 8.74. The van der Waals surface area contributed by atoms with E-state index < -0.39 is 23.6 Å². The Kier molecular flexibility index (Phi) is 8.83. The van der Waals surface area contributed by atoms with Crippen molar-refractivity contribution in [3.8, 4) is 0 Å². The minimum atomic E-state index is -0.491. The zero-order valence-electron chi connectivity index (χ0n) is 22.7. The van der Waals surface area contributed by atoms with Gasteiger partial charge in [-0.2, -0.15) is 0 Å². The van der Waals surface area contributed by atoms with Gasteiger partial charge in [0.2, 0.25) is 0 Å². The van der Waals surface area contributed by atoms with Gasteiger partial charge in [-0.15, -0.1) is 0 Å². The number of hydrogen-bond acceptors (Lipinski definition) is 4. The largest absolute Gasteiger partial charge is 0.274 e. The average Bonchev–Trinajstić information content (AvgIpc) is 2.90. The lowest BCUT2D eigenvalue weighted by molar-refractivity contribution is 0.0559. The van der Waals surface area contributed by atoms with E-state index in [1.807, 2.05) is 0 Å². The second-order valence-electron chi connectivity index (χ2n) is 10.6. The Balaban J connectivity index is 1.82. The van der Waals surface area contributed by atoms with Gasteiger partial charge >= 0.3 is 0 Å². The SMILES string of the molecule is CCCCC(CC)CN1C(=O)c2cc(Cl)c3c4c(cc(Cl)c(c24)C1=O)C(=O)N(CC(CC)CCCC)C3=O. The van der Waals surface area contributed by atoms with E-state index in [1.165, 1.54) is 21.9 Å². The van der Waals surface area contributed by atoms with E-state index in [4.69, 9.17) is 23.2 Å². The van der Waals surface area contributed by atoms with Crippen molar-refractivity contribution < 1.29 is 19.2 Å². The Morgan fingerprint density at radius 2 is 1.00 bits per heavy atom. The molecule has 0 N–H and O–H groups in total. The van der Waals surface area contributed by atoms with Crippen LogP contribution in [0.15, 0.2) is 12.1 Å². The van der Waals surface area contributed by atoms with Gasteiger partial charge in [0, 0.05) is 23.9 Å². The number of amides is 4. The Morgan fingerprint density at radius 1 is 0.632 bits per heavy atom. The lowest BCUT2D eigenvalue weighted by Gasteiger charge is -2.35. The van der Waals surface area contributed by atoms with Crippen LogP contribution in [-0.4, -0.2) is 46.5 Å². The van der Waals surface area contributed by atoms with Gasteiger partial charge in [-0.05, 0) is 36.8 Å². The van der Waals surface area contributed by atoms with Crippen LogP contribution in [0.25, 0.3) is 10.8 Å². The fraction of sp³-hybridized carbons (Fsp3) is 0.533. The molecular formula is C30H36Cl2N2O4. The van der Waals surface area contributed by atoms with Gasteiger partial charge < -0.3 is 0 Å². The minimum absolute atomic E-state index is 0.104. The molecule has 38 heavy (non-hydrogen) atoms. The minimum Gasteiger partial charge on any atom is -0.274 e. The van der Waals surface area contributed by atoms with E-state index in [1.54, 1.807) is 0 Å². The quantitative estimate of drug-likeness (QED) is 0.249. The van der Waals surface area contributed by atoms with Crippen molar-refractivity contribution in [3.05, 3.63) is 44.4 Å². The molecule has 0 saturated carbocycles. The van der Waals surface area contributed by atoms with Crippen molar-refractivity contribution in [3.63, 3.8) is 0 Å². The third kappa shape index (κ3) is 4.86. The topological polar surface area (TPSA) is 74.8 Å². The lowest BCUT2D eigenvalue weighted by Crippen LogP contribution is -2.46. The lowest BCUT2D eigenvalue weighted by atomic mass is 9.84. The Morgan fingerprint density at radius 3 is 1.32 bits per heavy atom. The molecule has 8 heteroatoms. The maximum absolute atomic E-state index is 13.7. The van der Waals surface area contributed by atoms with Crippen molar-refractivity contribution in [2.75, 3.05) is 13.1 Å². The standard InChI is InChI=1S/C30H36Cl2N2O4/c1-5-9-11-17(7-3)15-33-27(35)19-13-22(32)26-24-20(14-21(31)25(23(19)24)29(33)37)28(36)34(30(26)38)16-18(8-4)12-10-6-2/h13-14,17-18H,5-12,15-16H2,1-4H3. The van der Waals surface area contributed by atoms with Gasteiger partial charge in [0.1, 0.15) is 0 Å². The molecule has 4 rings (SSSR count). The number of hydrogen-bond donors (Lipinski definition) is 0. The highest BCUT2D eigenvalue weighted by Crippen LogP contribution is 2.44. The summed E-state index contributed by atoms with van der Waals surface area (Å²) in [5, 5.41) is 0.733. The molecule has 2 aromatic rings. The molecule has 2 atom stereocenters. The highest BCUT2D eigenvalue weighted by Gasteiger charge is 2.43.